The molecule has 0 radical (unpaired) electrons. The number of carbonyl (C=O) groups excluding carboxylic acids is 1. The Bertz CT molecular complexity index is 1180. The van der Waals surface area contributed by atoms with Crippen molar-refractivity contribution in [2.45, 2.75) is 20.8 Å². The molecule has 0 spiro atoms. The van der Waals surface area contributed by atoms with Crippen LogP contribution in [0.15, 0.2) is 40.9 Å². The molecule has 1 heterocycles. The Kier molecular flexibility index (Phi) is 6.89. The third-order valence-corrected chi connectivity index (χ3v) is 4.80. The predicted molar refractivity (Wildman–Crippen MR) is 120 cm³/mol. The van der Waals surface area contributed by atoms with Crippen LogP contribution in [0.3, 0.4) is 0 Å². The SMILES string of the molecule is COc1cc(C=Cc2onc(C)c2[N+](=O)[O-])ccc1OCC(=O)Nc1ccc(C)c(C)c1. The van der Waals surface area contributed by atoms with Gasteiger partial charge in [0.05, 0.1) is 12.0 Å². The lowest BCUT2D eigenvalue weighted by atomic mass is 10.1. The topological polar surface area (TPSA) is 117 Å². The maximum atomic E-state index is 12.2. The van der Waals surface area contributed by atoms with E-state index in [4.69, 9.17) is 14.0 Å². The molecule has 0 atom stereocenters. The van der Waals surface area contributed by atoms with Crippen LogP contribution in [-0.2, 0) is 4.79 Å². The first-order valence-corrected chi connectivity index (χ1v) is 9.75. The van der Waals surface area contributed by atoms with Crippen LogP contribution in [0.4, 0.5) is 11.4 Å². The molecule has 32 heavy (non-hydrogen) atoms. The number of benzene rings is 2. The molecule has 0 bridgehead atoms. The van der Waals surface area contributed by atoms with Gasteiger partial charge >= 0.3 is 5.69 Å². The molecule has 3 aromatic rings. The van der Waals surface area contributed by atoms with E-state index in [-0.39, 0.29) is 29.7 Å². The molecular formula is C23H23N3O6. The Morgan fingerprint density at radius 1 is 1.12 bits per heavy atom. The summed E-state index contributed by atoms with van der Waals surface area (Å²) >= 11 is 0. The number of nitrogens with one attached hydrogen (secondary N) is 1. The molecule has 1 N–H and O–H groups in total. The molecule has 0 saturated heterocycles. The molecule has 0 fully saturated rings. The fourth-order valence-corrected chi connectivity index (χ4v) is 2.95. The van der Waals surface area contributed by atoms with Crippen molar-refractivity contribution >= 4 is 29.4 Å². The van der Waals surface area contributed by atoms with E-state index in [0.29, 0.717) is 22.7 Å². The number of aryl methyl sites for hydroxylation is 3. The third kappa shape index (κ3) is 5.31. The van der Waals surface area contributed by atoms with Gasteiger partial charge in [-0.25, -0.2) is 0 Å². The minimum atomic E-state index is -0.536. The van der Waals surface area contributed by atoms with E-state index in [1.54, 1.807) is 24.3 Å². The molecule has 0 aliphatic carbocycles. The second-order valence-corrected chi connectivity index (χ2v) is 7.12. The smallest absolute Gasteiger partial charge is 0.338 e. The zero-order valence-electron chi connectivity index (χ0n) is 18.2. The molecule has 0 unspecified atom stereocenters. The van der Waals surface area contributed by atoms with Crippen molar-refractivity contribution < 1.29 is 23.7 Å². The minimum absolute atomic E-state index is 0.0507. The second-order valence-electron chi connectivity index (χ2n) is 7.12. The summed E-state index contributed by atoms with van der Waals surface area (Å²) in [6.07, 6.45) is 3.09. The quantitative estimate of drug-likeness (QED) is 0.401. The van der Waals surface area contributed by atoms with Crippen LogP contribution < -0.4 is 14.8 Å². The number of nitro groups is 1. The first-order chi connectivity index (χ1) is 15.3. The molecule has 9 nitrogen and oxygen atoms in total. The summed E-state index contributed by atoms with van der Waals surface area (Å²) in [5, 5.41) is 17.6. The van der Waals surface area contributed by atoms with Crippen LogP contribution in [0.1, 0.15) is 28.1 Å². The monoisotopic (exact) mass is 437 g/mol. The summed E-state index contributed by atoms with van der Waals surface area (Å²) in [5.74, 6) is 0.554. The molecular weight excluding hydrogens is 414 g/mol. The first-order valence-electron chi connectivity index (χ1n) is 9.75. The van der Waals surface area contributed by atoms with Crippen molar-refractivity contribution in [3.8, 4) is 11.5 Å². The third-order valence-electron chi connectivity index (χ3n) is 4.80. The lowest BCUT2D eigenvalue weighted by Gasteiger charge is -2.12. The Morgan fingerprint density at radius 2 is 1.91 bits per heavy atom. The Labute approximate surface area is 184 Å². The van der Waals surface area contributed by atoms with E-state index in [2.05, 4.69) is 10.5 Å². The van der Waals surface area contributed by atoms with Gasteiger partial charge in [-0.15, -0.1) is 0 Å². The molecule has 1 amide bonds. The van der Waals surface area contributed by atoms with Crippen LogP contribution in [0.25, 0.3) is 12.2 Å². The van der Waals surface area contributed by atoms with Crippen LogP contribution in [0.2, 0.25) is 0 Å². The highest BCUT2D eigenvalue weighted by Gasteiger charge is 2.22. The number of hydrogen-bond acceptors (Lipinski definition) is 7. The number of nitrogens with zero attached hydrogens (tertiary/aromatic N) is 2. The van der Waals surface area contributed by atoms with Crippen LogP contribution in [0, 0.1) is 30.9 Å². The lowest BCUT2D eigenvalue weighted by molar-refractivity contribution is -0.386. The van der Waals surface area contributed by atoms with E-state index in [9.17, 15) is 14.9 Å². The highest BCUT2D eigenvalue weighted by molar-refractivity contribution is 5.92. The van der Waals surface area contributed by atoms with Gasteiger partial charge in [0.25, 0.3) is 5.91 Å². The van der Waals surface area contributed by atoms with Crippen LogP contribution in [0.5, 0.6) is 11.5 Å². The highest BCUT2D eigenvalue weighted by Crippen LogP contribution is 2.30. The summed E-state index contributed by atoms with van der Waals surface area (Å²) in [7, 11) is 1.48. The zero-order valence-corrected chi connectivity index (χ0v) is 18.2. The fourth-order valence-electron chi connectivity index (χ4n) is 2.95. The average molecular weight is 437 g/mol. The number of methoxy groups -OCH3 is 1. The van der Waals surface area contributed by atoms with Crippen LogP contribution in [-0.4, -0.2) is 29.7 Å². The van der Waals surface area contributed by atoms with E-state index in [0.717, 1.165) is 11.1 Å². The number of hydrogen-bond donors (Lipinski definition) is 1. The number of rotatable bonds is 8. The van der Waals surface area contributed by atoms with Gasteiger partial charge in [0.15, 0.2) is 23.8 Å². The number of carbonyl (C=O) groups is 1. The fraction of sp³-hybridized carbons (Fsp3) is 0.217. The standard InChI is InChI=1S/C23H23N3O6/c1-14-5-8-18(11-15(14)2)24-22(27)13-31-19-9-6-17(12-21(19)30-4)7-10-20-23(26(28)29)16(3)25-32-20/h5-12H,13H2,1-4H3,(H,24,27). The largest absolute Gasteiger partial charge is 0.493 e. The van der Waals surface area contributed by atoms with Gasteiger partial charge in [-0.3, -0.25) is 14.9 Å². The number of ether oxygens (including phenoxy) is 2. The second kappa shape index (κ2) is 9.78. The van der Waals surface area contributed by atoms with Crippen molar-refractivity contribution in [3.63, 3.8) is 0 Å². The average Bonchev–Trinajstić information content (AvgIpc) is 3.14. The van der Waals surface area contributed by atoms with Gasteiger partial charge in [-0.1, -0.05) is 23.4 Å². The summed E-state index contributed by atoms with van der Waals surface area (Å²) in [5.41, 5.74) is 3.65. The molecule has 0 aliphatic heterocycles. The highest BCUT2D eigenvalue weighted by atomic mass is 16.6. The molecule has 0 saturated carbocycles. The maximum Gasteiger partial charge on any atom is 0.338 e. The zero-order chi connectivity index (χ0) is 23.3. The number of anilines is 1. The summed E-state index contributed by atoms with van der Waals surface area (Å²) in [6, 6.07) is 10.7. The molecule has 166 valence electrons. The molecule has 1 aromatic heterocycles. The van der Waals surface area contributed by atoms with Gasteiger partial charge < -0.3 is 19.3 Å². The molecule has 3 rings (SSSR count). The molecule has 9 heteroatoms. The van der Waals surface area contributed by atoms with Gasteiger partial charge in [-0.2, -0.15) is 0 Å². The van der Waals surface area contributed by atoms with E-state index in [1.807, 2.05) is 32.0 Å². The Hall–Kier alpha value is -4.14. The van der Waals surface area contributed by atoms with Gasteiger partial charge in [-0.05, 0) is 67.8 Å². The normalized spacial score (nSPS) is 10.9. The van der Waals surface area contributed by atoms with Gasteiger partial charge in [0.1, 0.15) is 0 Å². The predicted octanol–water partition coefficient (Wildman–Crippen LogP) is 4.70. The number of amides is 1. The number of aromatic nitrogens is 1. The summed E-state index contributed by atoms with van der Waals surface area (Å²) < 4.78 is 16.0. The van der Waals surface area contributed by atoms with Crippen molar-refractivity contribution in [2.24, 2.45) is 0 Å². The summed E-state index contributed by atoms with van der Waals surface area (Å²) in [6.45, 7) is 5.29. The van der Waals surface area contributed by atoms with Gasteiger partial charge in [0, 0.05) is 5.69 Å². The molecule has 2 aromatic carbocycles. The van der Waals surface area contributed by atoms with E-state index < -0.39 is 4.92 Å². The van der Waals surface area contributed by atoms with Crippen molar-refractivity contribution in [2.75, 3.05) is 19.0 Å². The van der Waals surface area contributed by atoms with Gasteiger partial charge in [0.2, 0.25) is 5.76 Å². The van der Waals surface area contributed by atoms with Crippen molar-refractivity contribution in [3.05, 3.63) is 74.7 Å². The summed E-state index contributed by atoms with van der Waals surface area (Å²) in [4.78, 5) is 22.8. The Balaban J connectivity index is 1.67. The van der Waals surface area contributed by atoms with E-state index >= 15 is 0 Å². The Morgan fingerprint density at radius 3 is 2.59 bits per heavy atom. The van der Waals surface area contributed by atoms with Crippen molar-refractivity contribution in [1.82, 2.24) is 5.16 Å². The lowest BCUT2D eigenvalue weighted by Crippen LogP contribution is -2.20. The minimum Gasteiger partial charge on any atom is -0.493 e. The first kappa shape index (κ1) is 22.5. The van der Waals surface area contributed by atoms with Crippen molar-refractivity contribution in [1.29, 1.82) is 0 Å². The molecule has 0 aliphatic rings. The van der Waals surface area contributed by atoms with E-state index in [1.165, 1.54) is 20.1 Å². The maximum absolute atomic E-state index is 12.2. The van der Waals surface area contributed by atoms with Crippen LogP contribution >= 0.6 is 0 Å².